The van der Waals surface area contributed by atoms with Gasteiger partial charge in [0.2, 0.25) is 10.0 Å². The lowest BCUT2D eigenvalue weighted by Gasteiger charge is -2.07. The zero-order chi connectivity index (χ0) is 7.49. The minimum absolute atomic E-state index is 0.167. The molecule has 0 aliphatic rings. The summed E-state index contributed by atoms with van der Waals surface area (Å²) < 4.78 is 23.2. The normalized spacial score (nSPS) is 15.4. The first-order valence-corrected chi connectivity index (χ1v) is 4.52. The number of sulfonamides is 1. The summed E-state index contributed by atoms with van der Waals surface area (Å²) in [4.78, 5) is 0. The molecule has 0 rings (SSSR count). The van der Waals surface area contributed by atoms with E-state index in [-0.39, 0.29) is 6.04 Å². The van der Waals surface area contributed by atoms with E-state index < -0.39 is 10.0 Å². The second-order valence-corrected chi connectivity index (χ2v) is 3.81. The van der Waals surface area contributed by atoms with Gasteiger partial charge in [-0.15, -0.1) is 0 Å². The first-order chi connectivity index (χ1) is 3.95. The summed E-state index contributed by atoms with van der Waals surface area (Å²) in [6.07, 6.45) is 1.11. The number of hydrogen-bond acceptors (Lipinski definition) is 3. The summed E-state index contributed by atoms with van der Waals surface area (Å²) in [5.41, 5.74) is 5.15. The van der Waals surface area contributed by atoms with Gasteiger partial charge in [-0.05, 0) is 6.92 Å². The molecule has 0 spiro atoms. The molecule has 0 saturated carbocycles. The van der Waals surface area contributed by atoms with E-state index in [0.717, 1.165) is 6.26 Å². The molecule has 1 atom stereocenters. The van der Waals surface area contributed by atoms with Gasteiger partial charge in [0.1, 0.15) is 0 Å². The standard InChI is InChI=1S/C4H12N2O2S/c1-4(3-5)6-9(2,7)8/h4,6H,3,5H2,1-2H3. The molecule has 0 aromatic carbocycles. The highest BCUT2D eigenvalue weighted by Crippen LogP contribution is 1.80. The van der Waals surface area contributed by atoms with Crippen LogP contribution in [-0.2, 0) is 10.0 Å². The van der Waals surface area contributed by atoms with Crippen LogP contribution in [0.15, 0.2) is 0 Å². The topological polar surface area (TPSA) is 72.2 Å². The lowest BCUT2D eigenvalue weighted by Crippen LogP contribution is -2.36. The first-order valence-electron chi connectivity index (χ1n) is 2.63. The Morgan fingerprint density at radius 2 is 2.11 bits per heavy atom. The maximum absolute atomic E-state index is 10.4. The van der Waals surface area contributed by atoms with Crippen molar-refractivity contribution in [1.29, 1.82) is 0 Å². The number of nitrogens with two attached hydrogens (primary N) is 1. The molecule has 0 saturated heterocycles. The van der Waals surface area contributed by atoms with Gasteiger partial charge in [0.25, 0.3) is 0 Å². The van der Waals surface area contributed by atoms with E-state index in [0.29, 0.717) is 6.54 Å². The van der Waals surface area contributed by atoms with Gasteiger partial charge in [-0.1, -0.05) is 0 Å². The molecular formula is C4H12N2O2S. The zero-order valence-corrected chi connectivity index (χ0v) is 6.40. The third-order valence-electron chi connectivity index (χ3n) is 0.769. The second kappa shape index (κ2) is 3.14. The van der Waals surface area contributed by atoms with Crippen LogP contribution in [0.5, 0.6) is 0 Å². The third kappa shape index (κ3) is 5.75. The summed E-state index contributed by atoms with van der Waals surface area (Å²) >= 11 is 0. The van der Waals surface area contributed by atoms with Crippen LogP contribution in [0.3, 0.4) is 0 Å². The van der Waals surface area contributed by atoms with Crippen molar-refractivity contribution in [3.05, 3.63) is 0 Å². The summed E-state index contributed by atoms with van der Waals surface area (Å²) in [5.74, 6) is 0. The predicted molar refractivity (Wildman–Crippen MR) is 36.5 cm³/mol. The van der Waals surface area contributed by atoms with Gasteiger partial charge in [0.05, 0.1) is 6.26 Å². The van der Waals surface area contributed by atoms with E-state index in [1.54, 1.807) is 6.92 Å². The van der Waals surface area contributed by atoms with Crippen LogP contribution in [0, 0.1) is 0 Å². The lowest BCUT2D eigenvalue weighted by molar-refractivity contribution is 0.568. The molecule has 5 heteroatoms. The Morgan fingerprint density at radius 3 is 2.22 bits per heavy atom. The van der Waals surface area contributed by atoms with Crippen molar-refractivity contribution < 1.29 is 8.42 Å². The fraction of sp³-hybridized carbons (Fsp3) is 1.00. The number of nitrogens with one attached hydrogen (secondary N) is 1. The molecule has 1 unspecified atom stereocenters. The Labute approximate surface area is 55.5 Å². The van der Waals surface area contributed by atoms with Crippen LogP contribution in [0.25, 0.3) is 0 Å². The molecule has 0 aliphatic heterocycles. The summed E-state index contributed by atoms with van der Waals surface area (Å²) in [6.45, 7) is 2.04. The first kappa shape index (κ1) is 8.87. The fourth-order valence-electron chi connectivity index (χ4n) is 0.414. The van der Waals surface area contributed by atoms with Crippen LogP contribution in [0.1, 0.15) is 6.92 Å². The molecule has 0 fully saturated rings. The van der Waals surface area contributed by atoms with Crippen molar-refractivity contribution in [2.24, 2.45) is 5.73 Å². The van der Waals surface area contributed by atoms with Crippen LogP contribution in [0.2, 0.25) is 0 Å². The van der Waals surface area contributed by atoms with Gasteiger partial charge < -0.3 is 5.73 Å². The van der Waals surface area contributed by atoms with E-state index in [4.69, 9.17) is 5.73 Å². The van der Waals surface area contributed by atoms with E-state index in [1.165, 1.54) is 0 Å². The van der Waals surface area contributed by atoms with Gasteiger partial charge in [0.15, 0.2) is 0 Å². The highest BCUT2D eigenvalue weighted by atomic mass is 32.2. The minimum atomic E-state index is -3.07. The Morgan fingerprint density at radius 1 is 1.67 bits per heavy atom. The highest BCUT2D eigenvalue weighted by Gasteiger charge is 2.04. The molecule has 0 bridgehead atoms. The van der Waals surface area contributed by atoms with Crippen molar-refractivity contribution >= 4 is 10.0 Å². The van der Waals surface area contributed by atoms with Gasteiger partial charge in [-0.25, -0.2) is 13.1 Å². The maximum atomic E-state index is 10.4. The summed E-state index contributed by atoms with van der Waals surface area (Å²) in [7, 11) is -3.07. The lowest BCUT2D eigenvalue weighted by atomic mass is 10.4. The van der Waals surface area contributed by atoms with Crippen molar-refractivity contribution in [2.75, 3.05) is 12.8 Å². The Balaban J connectivity index is 3.75. The van der Waals surface area contributed by atoms with Gasteiger partial charge in [-0.3, -0.25) is 0 Å². The van der Waals surface area contributed by atoms with Crippen LogP contribution in [-0.4, -0.2) is 27.3 Å². The van der Waals surface area contributed by atoms with E-state index in [9.17, 15) is 8.42 Å². The molecule has 0 radical (unpaired) electrons. The molecule has 0 amide bonds. The average Bonchev–Trinajstić information content (AvgIpc) is 1.62. The monoisotopic (exact) mass is 152 g/mol. The maximum Gasteiger partial charge on any atom is 0.208 e. The van der Waals surface area contributed by atoms with E-state index >= 15 is 0 Å². The number of rotatable bonds is 3. The molecule has 0 aromatic heterocycles. The van der Waals surface area contributed by atoms with Gasteiger partial charge in [-0.2, -0.15) is 0 Å². The third-order valence-corrected chi connectivity index (χ3v) is 1.60. The Kier molecular flexibility index (Phi) is 3.10. The van der Waals surface area contributed by atoms with Gasteiger partial charge >= 0.3 is 0 Å². The molecule has 0 heterocycles. The summed E-state index contributed by atoms with van der Waals surface area (Å²) in [5, 5.41) is 0. The largest absolute Gasteiger partial charge is 0.329 e. The van der Waals surface area contributed by atoms with Crippen molar-refractivity contribution in [1.82, 2.24) is 4.72 Å². The molecular weight excluding hydrogens is 140 g/mol. The van der Waals surface area contributed by atoms with Gasteiger partial charge in [0, 0.05) is 12.6 Å². The Hall–Kier alpha value is -0.130. The zero-order valence-electron chi connectivity index (χ0n) is 5.59. The quantitative estimate of drug-likeness (QED) is 0.538. The smallest absolute Gasteiger partial charge is 0.208 e. The fourth-order valence-corrected chi connectivity index (χ4v) is 1.24. The highest BCUT2D eigenvalue weighted by molar-refractivity contribution is 7.88. The van der Waals surface area contributed by atoms with Crippen LogP contribution >= 0.6 is 0 Å². The Bertz CT molecular complexity index is 163. The molecule has 4 nitrogen and oxygen atoms in total. The van der Waals surface area contributed by atoms with E-state index in [1.807, 2.05) is 0 Å². The average molecular weight is 152 g/mol. The SMILES string of the molecule is CC(CN)NS(C)(=O)=O. The second-order valence-electron chi connectivity index (χ2n) is 2.03. The molecule has 3 N–H and O–H groups in total. The van der Waals surface area contributed by atoms with E-state index in [2.05, 4.69) is 4.72 Å². The molecule has 9 heavy (non-hydrogen) atoms. The van der Waals surface area contributed by atoms with Crippen molar-refractivity contribution in [2.45, 2.75) is 13.0 Å². The summed E-state index contributed by atoms with van der Waals surface area (Å²) in [6, 6.07) is -0.167. The molecule has 0 aliphatic carbocycles. The predicted octanol–water partition coefficient (Wildman–Crippen LogP) is -1.12. The number of hydrogen-bond donors (Lipinski definition) is 2. The van der Waals surface area contributed by atoms with Crippen LogP contribution < -0.4 is 10.5 Å². The van der Waals surface area contributed by atoms with Crippen molar-refractivity contribution in [3.63, 3.8) is 0 Å². The molecule has 56 valence electrons. The van der Waals surface area contributed by atoms with Crippen molar-refractivity contribution in [3.8, 4) is 0 Å². The molecule has 0 aromatic rings. The van der Waals surface area contributed by atoms with Crippen LogP contribution in [0.4, 0.5) is 0 Å². The minimum Gasteiger partial charge on any atom is -0.329 e.